The molecule has 1 nitrogen and oxygen atoms in total. The van der Waals surface area contributed by atoms with Crippen LogP contribution in [-0.2, 0) is 0 Å². The van der Waals surface area contributed by atoms with Crippen molar-refractivity contribution in [3.63, 3.8) is 0 Å². The SMILES string of the molecule is CSC1CCCC1NC(C)c1ccc(C)cc1. The first-order valence-electron chi connectivity index (χ1n) is 6.56. The van der Waals surface area contributed by atoms with Gasteiger partial charge in [-0.1, -0.05) is 36.2 Å². The molecule has 17 heavy (non-hydrogen) atoms. The van der Waals surface area contributed by atoms with Crippen molar-refractivity contribution in [1.29, 1.82) is 0 Å². The quantitative estimate of drug-likeness (QED) is 0.867. The zero-order chi connectivity index (χ0) is 12.3. The smallest absolute Gasteiger partial charge is 0.0294 e. The van der Waals surface area contributed by atoms with E-state index in [1.54, 1.807) is 0 Å². The zero-order valence-corrected chi connectivity index (χ0v) is 11.9. The molecule has 1 N–H and O–H groups in total. The molecule has 3 unspecified atom stereocenters. The maximum atomic E-state index is 3.79. The topological polar surface area (TPSA) is 12.0 Å². The number of thioether (sulfide) groups is 1. The fraction of sp³-hybridized carbons (Fsp3) is 0.600. The first kappa shape index (κ1) is 13.0. The Morgan fingerprint density at radius 3 is 2.59 bits per heavy atom. The van der Waals surface area contributed by atoms with E-state index in [0.29, 0.717) is 12.1 Å². The predicted octanol–water partition coefficient (Wildman–Crippen LogP) is 3.93. The fourth-order valence-corrected chi connectivity index (χ4v) is 3.62. The summed E-state index contributed by atoms with van der Waals surface area (Å²) in [5.41, 5.74) is 2.74. The summed E-state index contributed by atoms with van der Waals surface area (Å²) in [5.74, 6) is 0. The Morgan fingerprint density at radius 1 is 1.24 bits per heavy atom. The second-order valence-electron chi connectivity index (χ2n) is 5.11. The summed E-state index contributed by atoms with van der Waals surface area (Å²) in [5, 5.41) is 4.60. The van der Waals surface area contributed by atoms with Gasteiger partial charge in [0, 0.05) is 17.3 Å². The van der Waals surface area contributed by atoms with Crippen molar-refractivity contribution in [2.45, 2.75) is 50.4 Å². The molecule has 94 valence electrons. The standard InChI is InChI=1S/C15H23NS/c1-11-7-9-13(10-8-11)12(2)16-14-5-4-6-15(14)17-3/h7-10,12,14-16H,4-6H2,1-3H3. The van der Waals surface area contributed by atoms with Crippen molar-refractivity contribution in [1.82, 2.24) is 5.32 Å². The summed E-state index contributed by atoms with van der Waals surface area (Å²) in [7, 11) is 0. The van der Waals surface area contributed by atoms with Gasteiger partial charge < -0.3 is 5.32 Å². The Morgan fingerprint density at radius 2 is 1.94 bits per heavy atom. The van der Waals surface area contributed by atoms with Crippen LogP contribution in [-0.4, -0.2) is 17.5 Å². The summed E-state index contributed by atoms with van der Waals surface area (Å²) in [6.07, 6.45) is 6.33. The molecule has 0 radical (unpaired) electrons. The van der Waals surface area contributed by atoms with Crippen molar-refractivity contribution in [2.75, 3.05) is 6.26 Å². The van der Waals surface area contributed by atoms with E-state index in [0.717, 1.165) is 5.25 Å². The molecule has 0 spiro atoms. The lowest BCUT2D eigenvalue weighted by Crippen LogP contribution is -2.35. The maximum Gasteiger partial charge on any atom is 0.0294 e. The maximum absolute atomic E-state index is 3.79. The molecule has 1 aromatic carbocycles. The van der Waals surface area contributed by atoms with E-state index in [1.165, 1.54) is 30.4 Å². The molecule has 1 aromatic rings. The molecule has 1 saturated carbocycles. The van der Waals surface area contributed by atoms with Crippen molar-refractivity contribution in [3.05, 3.63) is 35.4 Å². The van der Waals surface area contributed by atoms with E-state index >= 15 is 0 Å². The molecule has 1 aliphatic rings. The number of aryl methyl sites for hydroxylation is 1. The van der Waals surface area contributed by atoms with Crippen LogP contribution in [0.5, 0.6) is 0 Å². The van der Waals surface area contributed by atoms with Gasteiger partial charge in [-0.15, -0.1) is 0 Å². The molecule has 1 aliphatic carbocycles. The van der Waals surface area contributed by atoms with Crippen LogP contribution in [0.3, 0.4) is 0 Å². The van der Waals surface area contributed by atoms with Gasteiger partial charge in [0.25, 0.3) is 0 Å². The Bertz CT molecular complexity index is 346. The minimum absolute atomic E-state index is 0.466. The molecule has 0 aromatic heterocycles. The van der Waals surface area contributed by atoms with Gasteiger partial charge in [0.15, 0.2) is 0 Å². The third-order valence-electron chi connectivity index (χ3n) is 3.80. The lowest BCUT2D eigenvalue weighted by atomic mass is 10.1. The van der Waals surface area contributed by atoms with Crippen LogP contribution >= 0.6 is 11.8 Å². The van der Waals surface area contributed by atoms with Crippen LogP contribution in [0, 0.1) is 6.92 Å². The van der Waals surface area contributed by atoms with Gasteiger partial charge >= 0.3 is 0 Å². The molecule has 0 saturated heterocycles. The Labute approximate surface area is 109 Å². The number of nitrogens with one attached hydrogen (secondary N) is 1. The summed E-state index contributed by atoms with van der Waals surface area (Å²) in [6.45, 7) is 4.42. The van der Waals surface area contributed by atoms with Crippen molar-refractivity contribution < 1.29 is 0 Å². The van der Waals surface area contributed by atoms with Crippen LogP contribution in [0.4, 0.5) is 0 Å². The molecule has 2 heteroatoms. The Hall–Kier alpha value is -0.470. The van der Waals surface area contributed by atoms with Crippen LogP contribution in [0.15, 0.2) is 24.3 Å². The Balaban J connectivity index is 1.96. The van der Waals surface area contributed by atoms with E-state index < -0.39 is 0 Å². The van der Waals surface area contributed by atoms with Crippen LogP contribution in [0.1, 0.15) is 43.4 Å². The largest absolute Gasteiger partial charge is 0.306 e. The minimum atomic E-state index is 0.466. The second kappa shape index (κ2) is 5.92. The fourth-order valence-electron chi connectivity index (χ4n) is 2.67. The number of hydrogen-bond acceptors (Lipinski definition) is 2. The predicted molar refractivity (Wildman–Crippen MR) is 77.7 cm³/mol. The molecule has 0 heterocycles. The van der Waals surface area contributed by atoms with Crippen molar-refractivity contribution >= 4 is 11.8 Å². The first-order chi connectivity index (χ1) is 8.20. The van der Waals surface area contributed by atoms with Gasteiger partial charge in [0.05, 0.1) is 0 Å². The van der Waals surface area contributed by atoms with Crippen molar-refractivity contribution in [3.8, 4) is 0 Å². The third-order valence-corrected chi connectivity index (χ3v) is 4.97. The van der Waals surface area contributed by atoms with E-state index in [2.05, 4.69) is 49.7 Å². The molecule has 2 rings (SSSR count). The second-order valence-corrected chi connectivity index (χ2v) is 6.19. The van der Waals surface area contributed by atoms with Crippen LogP contribution < -0.4 is 5.32 Å². The Kier molecular flexibility index (Phi) is 4.52. The average Bonchev–Trinajstić information content (AvgIpc) is 2.77. The third kappa shape index (κ3) is 3.26. The average molecular weight is 249 g/mol. The number of rotatable bonds is 4. The van der Waals surface area contributed by atoms with E-state index in [1.807, 2.05) is 11.8 Å². The highest BCUT2D eigenvalue weighted by atomic mass is 32.2. The normalized spacial score (nSPS) is 26.1. The van der Waals surface area contributed by atoms with Gasteiger partial charge in [0.2, 0.25) is 0 Å². The van der Waals surface area contributed by atoms with Gasteiger partial charge in [-0.2, -0.15) is 11.8 Å². The molecule has 1 fully saturated rings. The van der Waals surface area contributed by atoms with Gasteiger partial charge in [-0.25, -0.2) is 0 Å². The van der Waals surface area contributed by atoms with Gasteiger partial charge in [-0.3, -0.25) is 0 Å². The highest BCUT2D eigenvalue weighted by Crippen LogP contribution is 2.30. The van der Waals surface area contributed by atoms with Gasteiger partial charge in [-0.05, 0) is 38.5 Å². The zero-order valence-electron chi connectivity index (χ0n) is 11.1. The van der Waals surface area contributed by atoms with Crippen LogP contribution in [0.2, 0.25) is 0 Å². The lowest BCUT2D eigenvalue weighted by molar-refractivity contribution is 0.467. The van der Waals surface area contributed by atoms with Crippen LogP contribution in [0.25, 0.3) is 0 Å². The summed E-state index contributed by atoms with van der Waals surface area (Å²) in [6, 6.07) is 10.1. The van der Waals surface area contributed by atoms with E-state index in [9.17, 15) is 0 Å². The lowest BCUT2D eigenvalue weighted by Gasteiger charge is -2.24. The molecular formula is C15H23NS. The number of hydrogen-bond donors (Lipinski definition) is 1. The molecule has 0 bridgehead atoms. The molecule has 3 atom stereocenters. The first-order valence-corrected chi connectivity index (χ1v) is 7.85. The summed E-state index contributed by atoms with van der Waals surface area (Å²) in [4.78, 5) is 0. The minimum Gasteiger partial charge on any atom is -0.306 e. The molecular weight excluding hydrogens is 226 g/mol. The highest BCUT2D eigenvalue weighted by Gasteiger charge is 2.27. The molecule has 0 aliphatic heterocycles. The monoisotopic (exact) mass is 249 g/mol. The van der Waals surface area contributed by atoms with Crippen molar-refractivity contribution in [2.24, 2.45) is 0 Å². The van der Waals surface area contributed by atoms with E-state index in [4.69, 9.17) is 0 Å². The number of benzene rings is 1. The van der Waals surface area contributed by atoms with E-state index in [-0.39, 0.29) is 0 Å². The summed E-state index contributed by atoms with van der Waals surface area (Å²) >= 11 is 2.02. The highest BCUT2D eigenvalue weighted by molar-refractivity contribution is 7.99. The van der Waals surface area contributed by atoms with Gasteiger partial charge in [0.1, 0.15) is 0 Å². The summed E-state index contributed by atoms with van der Waals surface area (Å²) < 4.78 is 0. The molecule has 0 amide bonds.